The van der Waals surface area contributed by atoms with Crippen molar-refractivity contribution >= 4 is 28.5 Å². The Kier molecular flexibility index (Phi) is 4.60. The number of carbonyl (C=O) groups excluding carboxylic acids is 1. The SMILES string of the molecule is O=C(O)Cc1ccc(C(=O)Nc2ccc3[nH]nc(-c4ccccc4)c3c2)cc1. The van der Waals surface area contributed by atoms with Crippen molar-refractivity contribution in [2.24, 2.45) is 0 Å². The zero-order valence-corrected chi connectivity index (χ0v) is 14.8. The summed E-state index contributed by atoms with van der Waals surface area (Å²) in [6, 6.07) is 21.9. The summed E-state index contributed by atoms with van der Waals surface area (Å²) in [5.74, 6) is -1.16. The van der Waals surface area contributed by atoms with Crippen LogP contribution in [0.25, 0.3) is 22.2 Å². The van der Waals surface area contributed by atoms with Crippen LogP contribution in [0.3, 0.4) is 0 Å². The second-order valence-electron chi connectivity index (χ2n) is 6.42. The van der Waals surface area contributed by atoms with Crippen molar-refractivity contribution in [3.63, 3.8) is 0 Å². The van der Waals surface area contributed by atoms with Gasteiger partial charge in [0.25, 0.3) is 5.91 Å². The van der Waals surface area contributed by atoms with E-state index in [1.807, 2.05) is 48.5 Å². The minimum absolute atomic E-state index is 0.0681. The molecular formula is C22H17N3O3. The summed E-state index contributed by atoms with van der Waals surface area (Å²) in [6.45, 7) is 0. The Morgan fingerprint density at radius 2 is 1.71 bits per heavy atom. The van der Waals surface area contributed by atoms with Gasteiger partial charge in [0.05, 0.1) is 17.6 Å². The predicted molar refractivity (Wildman–Crippen MR) is 107 cm³/mol. The van der Waals surface area contributed by atoms with Crippen molar-refractivity contribution < 1.29 is 14.7 Å². The number of aromatic nitrogens is 2. The number of nitrogens with one attached hydrogen (secondary N) is 2. The first-order chi connectivity index (χ1) is 13.6. The van der Waals surface area contributed by atoms with E-state index in [0.717, 1.165) is 22.2 Å². The maximum atomic E-state index is 12.5. The van der Waals surface area contributed by atoms with E-state index in [2.05, 4.69) is 15.5 Å². The number of anilines is 1. The maximum absolute atomic E-state index is 12.5. The van der Waals surface area contributed by atoms with E-state index < -0.39 is 5.97 Å². The first-order valence-electron chi connectivity index (χ1n) is 8.76. The summed E-state index contributed by atoms with van der Waals surface area (Å²) >= 11 is 0. The van der Waals surface area contributed by atoms with E-state index in [0.29, 0.717) is 16.8 Å². The number of benzene rings is 3. The van der Waals surface area contributed by atoms with Crippen LogP contribution in [0.5, 0.6) is 0 Å². The fourth-order valence-electron chi connectivity index (χ4n) is 3.06. The molecule has 28 heavy (non-hydrogen) atoms. The molecule has 0 aliphatic rings. The zero-order chi connectivity index (χ0) is 19.5. The number of amides is 1. The van der Waals surface area contributed by atoms with Crippen LogP contribution in [0.1, 0.15) is 15.9 Å². The summed E-state index contributed by atoms with van der Waals surface area (Å²) in [5.41, 5.74) is 4.47. The van der Waals surface area contributed by atoms with Gasteiger partial charge < -0.3 is 10.4 Å². The van der Waals surface area contributed by atoms with Crippen molar-refractivity contribution in [2.75, 3.05) is 5.32 Å². The standard InChI is InChI=1S/C22H17N3O3/c26-20(27)12-14-6-8-16(9-7-14)22(28)23-17-10-11-19-18(13-17)21(25-24-19)15-4-2-1-3-5-15/h1-11,13H,12H2,(H,23,28)(H,24,25)(H,26,27). The van der Waals surface area contributed by atoms with Crippen molar-refractivity contribution in [3.05, 3.63) is 83.9 Å². The smallest absolute Gasteiger partial charge is 0.307 e. The van der Waals surface area contributed by atoms with Gasteiger partial charge in [0, 0.05) is 22.2 Å². The van der Waals surface area contributed by atoms with Crippen molar-refractivity contribution in [3.8, 4) is 11.3 Å². The fraction of sp³-hybridized carbons (Fsp3) is 0.0455. The largest absolute Gasteiger partial charge is 0.481 e. The molecule has 3 N–H and O–H groups in total. The molecule has 1 aromatic heterocycles. The average Bonchev–Trinajstić information content (AvgIpc) is 3.12. The lowest BCUT2D eigenvalue weighted by Gasteiger charge is -2.07. The Balaban J connectivity index is 1.58. The van der Waals surface area contributed by atoms with Crippen LogP contribution in [0.4, 0.5) is 5.69 Å². The molecule has 0 aliphatic heterocycles. The van der Waals surface area contributed by atoms with Crippen molar-refractivity contribution in [1.29, 1.82) is 0 Å². The highest BCUT2D eigenvalue weighted by Gasteiger charge is 2.11. The van der Waals surface area contributed by atoms with Crippen LogP contribution in [0.15, 0.2) is 72.8 Å². The number of rotatable bonds is 5. The van der Waals surface area contributed by atoms with E-state index in [4.69, 9.17) is 5.11 Å². The van der Waals surface area contributed by atoms with Crippen LogP contribution in [0.2, 0.25) is 0 Å². The van der Waals surface area contributed by atoms with Gasteiger partial charge in [-0.15, -0.1) is 0 Å². The van der Waals surface area contributed by atoms with Crippen LogP contribution in [0, 0.1) is 0 Å². The third-order valence-corrected chi connectivity index (χ3v) is 4.44. The van der Waals surface area contributed by atoms with Gasteiger partial charge >= 0.3 is 5.97 Å². The molecule has 0 spiro atoms. The Hall–Kier alpha value is -3.93. The van der Waals surface area contributed by atoms with E-state index in [9.17, 15) is 9.59 Å². The molecule has 1 amide bonds. The molecule has 3 aromatic carbocycles. The molecule has 0 unspecified atom stereocenters. The highest BCUT2D eigenvalue weighted by Crippen LogP contribution is 2.28. The number of hydrogen-bond acceptors (Lipinski definition) is 3. The molecular weight excluding hydrogens is 354 g/mol. The van der Waals surface area contributed by atoms with Gasteiger partial charge in [0.2, 0.25) is 0 Å². The first-order valence-corrected chi connectivity index (χ1v) is 8.76. The second-order valence-corrected chi connectivity index (χ2v) is 6.42. The van der Waals surface area contributed by atoms with Gasteiger partial charge in [-0.3, -0.25) is 14.7 Å². The monoisotopic (exact) mass is 371 g/mol. The molecule has 138 valence electrons. The third-order valence-electron chi connectivity index (χ3n) is 4.44. The van der Waals surface area contributed by atoms with Gasteiger partial charge in [-0.2, -0.15) is 5.10 Å². The molecule has 0 bridgehead atoms. The Labute approximate surface area is 160 Å². The van der Waals surface area contributed by atoms with E-state index in [-0.39, 0.29) is 12.3 Å². The molecule has 0 saturated heterocycles. The van der Waals surface area contributed by atoms with Crippen LogP contribution in [-0.4, -0.2) is 27.2 Å². The first kappa shape index (κ1) is 17.5. The maximum Gasteiger partial charge on any atom is 0.307 e. The van der Waals surface area contributed by atoms with Gasteiger partial charge in [0.15, 0.2) is 0 Å². The number of H-pyrrole nitrogens is 1. The lowest BCUT2D eigenvalue weighted by molar-refractivity contribution is -0.136. The molecule has 4 aromatic rings. The van der Waals surface area contributed by atoms with Gasteiger partial charge in [-0.25, -0.2) is 0 Å². The number of fused-ring (bicyclic) bond motifs is 1. The summed E-state index contributed by atoms with van der Waals surface area (Å²) in [4.78, 5) is 23.3. The van der Waals surface area contributed by atoms with E-state index in [1.54, 1.807) is 24.3 Å². The van der Waals surface area contributed by atoms with Gasteiger partial charge in [-0.1, -0.05) is 42.5 Å². The topological polar surface area (TPSA) is 95.1 Å². The highest BCUT2D eigenvalue weighted by molar-refractivity contribution is 6.06. The Morgan fingerprint density at radius 1 is 0.964 bits per heavy atom. The molecule has 0 atom stereocenters. The van der Waals surface area contributed by atoms with Gasteiger partial charge in [0.1, 0.15) is 0 Å². The van der Waals surface area contributed by atoms with E-state index >= 15 is 0 Å². The molecule has 1 heterocycles. The molecule has 6 heteroatoms. The number of carboxylic acids is 1. The number of aromatic amines is 1. The third kappa shape index (κ3) is 3.61. The minimum atomic E-state index is -0.903. The number of aliphatic carboxylic acids is 1. The minimum Gasteiger partial charge on any atom is -0.481 e. The molecule has 6 nitrogen and oxygen atoms in total. The van der Waals surface area contributed by atoms with Crippen molar-refractivity contribution in [1.82, 2.24) is 10.2 Å². The molecule has 4 rings (SSSR count). The lowest BCUT2D eigenvalue weighted by Crippen LogP contribution is -2.12. The second kappa shape index (κ2) is 7.36. The van der Waals surface area contributed by atoms with Gasteiger partial charge in [-0.05, 0) is 35.9 Å². The number of nitrogens with zero attached hydrogens (tertiary/aromatic N) is 1. The quantitative estimate of drug-likeness (QED) is 0.492. The molecule has 0 saturated carbocycles. The highest BCUT2D eigenvalue weighted by atomic mass is 16.4. The number of carboxylic acid groups (broad SMARTS) is 1. The summed E-state index contributed by atoms with van der Waals surface area (Å²) < 4.78 is 0. The van der Waals surface area contributed by atoms with Crippen LogP contribution < -0.4 is 5.32 Å². The predicted octanol–water partition coefficient (Wildman–Crippen LogP) is 4.11. The summed E-state index contributed by atoms with van der Waals surface area (Å²) in [7, 11) is 0. The normalized spacial score (nSPS) is 10.7. The number of hydrogen-bond donors (Lipinski definition) is 3. The van der Waals surface area contributed by atoms with Crippen molar-refractivity contribution in [2.45, 2.75) is 6.42 Å². The fourth-order valence-corrected chi connectivity index (χ4v) is 3.06. The lowest BCUT2D eigenvalue weighted by atomic mass is 10.1. The average molecular weight is 371 g/mol. The van der Waals surface area contributed by atoms with Crippen LogP contribution in [-0.2, 0) is 11.2 Å². The molecule has 0 radical (unpaired) electrons. The zero-order valence-electron chi connectivity index (χ0n) is 14.8. The Morgan fingerprint density at radius 3 is 2.43 bits per heavy atom. The molecule has 0 aliphatic carbocycles. The summed E-state index contributed by atoms with van der Waals surface area (Å²) in [5, 5.41) is 20.0. The van der Waals surface area contributed by atoms with Crippen LogP contribution >= 0.6 is 0 Å². The number of carbonyl (C=O) groups is 2. The Bertz CT molecular complexity index is 1150. The molecule has 0 fully saturated rings. The van der Waals surface area contributed by atoms with E-state index in [1.165, 1.54) is 0 Å². The summed E-state index contributed by atoms with van der Waals surface area (Å²) in [6.07, 6.45) is -0.0681.